The average molecular weight is 305 g/mol. The first kappa shape index (κ1) is 13.2. The quantitative estimate of drug-likeness (QED) is 0.462. The maximum Gasteiger partial charge on any atom is 0.338 e. The molecule has 3 aromatic carbocycles. The summed E-state index contributed by atoms with van der Waals surface area (Å²) >= 11 is 12.1. The van der Waals surface area contributed by atoms with E-state index in [0.29, 0.717) is 15.6 Å². The van der Waals surface area contributed by atoms with Gasteiger partial charge < -0.3 is 4.74 Å². The van der Waals surface area contributed by atoms with E-state index in [9.17, 15) is 4.79 Å². The number of fused-ring (bicyclic) bond motifs is 3. The number of ether oxygens (including phenoxy) is 1. The van der Waals surface area contributed by atoms with Crippen LogP contribution < -0.4 is 0 Å². The first-order valence-corrected chi connectivity index (χ1v) is 6.76. The van der Waals surface area contributed by atoms with Gasteiger partial charge >= 0.3 is 5.97 Å². The molecule has 2 nitrogen and oxygen atoms in total. The molecule has 0 saturated carbocycles. The number of hydrogen-bond acceptors (Lipinski definition) is 2. The molecule has 0 aliphatic carbocycles. The van der Waals surface area contributed by atoms with Gasteiger partial charge in [-0.2, -0.15) is 0 Å². The zero-order valence-corrected chi connectivity index (χ0v) is 12.1. The van der Waals surface area contributed by atoms with E-state index >= 15 is 0 Å². The second kappa shape index (κ2) is 4.97. The summed E-state index contributed by atoms with van der Waals surface area (Å²) in [6.45, 7) is 0. The molecule has 0 unspecified atom stereocenters. The van der Waals surface area contributed by atoms with Gasteiger partial charge in [-0.3, -0.25) is 0 Å². The van der Waals surface area contributed by atoms with E-state index < -0.39 is 0 Å². The molecule has 100 valence electrons. The fourth-order valence-electron chi connectivity index (χ4n) is 2.37. The summed E-state index contributed by atoms with van der Waals surface area (Å²) in [4.78, 5) is 11.8. The number of benzene rings is 3. The van der Waals surface area contributed by atoms with Crippen molar-refractivity contribution in [2.45, 2.75) is 0 Å². The summed E-state index contributed by atoms with van der Waals surface area (Å²) in [5, 5.41) is 4.74. The first-order chi connectivity index (χ1) is 9.61. The smallest absolute Gasteiger partial charge is 0.338 e. The van der Waals surface area contributed by atoms with Crippen LogP contribution >= 0.6 is 23.2 Å². The van der Waals surface area contributed by atoms with Crippen molar-refractivity contribution in [1.29, 1.82) is 0 Å². The number of halogens is 2. The number of carbonyl (C=O) groups excluding carboxylic acids is 1. The lowest BCUT2D eigenvalue weighted by atomic mass is 9.98. The summed E-state index contributed by atoms with van der Waals surface area (Å²) in [7, 11) is 1.37. The van der Waals surface area contributed by atoms with Crippen molar-refractivity contribution in [2.75, 3.05) is 7.11 Å². The van der Waals surface area contributed by atoms with Gasteiger partial charge in [-0.1, -0.05) is 47.5 Å². The van der Waals surface area contributed by atoms with Crippen LogP contribution in [0.5, 0.6) is 0 Å². The summed E-state index contributed by atoms with van der Waals surface area (Å²) in [5.41, 5.74) is 0.540. The third-order valence-electron chi connectivity index (χ3n) is 3.32. The Balaban J connectivity index is 2.43. The molecule has 0 bridgehead atoms. The minimum Gasteiger partial charge on any atom is -0.465 e. The number of esters is 1. The Kier molecular flexibility index (Phi) is 3.28. The highest BCUT2D eigenvalue weighted by atomic mass is 35.5. The van der Waals surface area contributed by atoms with E-state index in [4.69, 9.17) is 27.9 Å². The van der Waals surface area contributed by atoms with Gasteiger partial charge in [0.1, 0.15) is 0 Å². The fourth-order valence-corrected chi connectivity index (χ4v) is 2.71. The van der Waals surface area contributed by atoms with E-state index in [1.807, 2.05) is 36.4 Å². The lowest BCUT2D eigenvalue weighted by Gasteiger charge is -2.09. The van der Waals surface area contributed by atoms with Crippen molar-refractivity contribution >= 4 is 50.7 Å². The van der Waals surface area contributed by atoms with E-state index in [1.54, 1.807) is 6.07 Å². The molecule has 0 aliphatic heterocycles. The third-order valence-corrected chi connectivity index (χ3v) is 4.05. The second-order valence-electron chi connectivity index (χ2n) is 4.45. The van der Waals surface area contributed by atoms with Gasteiger partial charge in [0.25, 0.3) is 0 Å². The van der Waals surface area contributed by atoms with Crippen molar-refractivity contribution in [2.24, 2.45) is 0 Å². The third kappa shape index (κ3) is 2.01. The number of rotatable bonds is 1. The Morgan fingerprint density at radius 3 is 2.45 bits per heavy atom. The van der Waals surface area contributed by atoms with Crippen LogP contribution in [0.1, 0.15) is 10.4 Å². The largest absolute Gasteiger partial charge is 0.465 e. The van der Waals surface area contributed by atoms with Crippen molar-refractivity contribution in [3.63, 3.8) is 0 Å². The Morgan fingerprint density at radius 1 is 0.950 bits per heavy atom. The predicted molar refractivity (Wildman–Crippen MR) is 82.8 cm³/mol. The minimum absolute atomic E-state index is 0.352. The lowest BCUT2D eigenvalue weighted by Crippen LogP contribution is -2.01. The van der Waals surface area contributed by atoms with Crippen molar-refractivity contribution in [1.82, 2.24) is 0 Å². The average Bonchev–Trinajstić information content (AvgIpc) is 2.47. The molecule has 4 heteroatoms. The summed E-state index contributed by atoms with van der Waals surface area (Å²) in [5.74, 6) is -0.352. The molecular formula is C16H10Cl2O2. The van der Waals surface area contributed by atoms with Crippen LogP contribution in [0.15, 0.2) is 42.5 Å². The van der Waals surface area contributed by atoms with Crippen molar-refractivity contribution in [3.8, 4) is 0 Å². The molecule has 0 heterocycles. The molecule has 0 aromatic heterocycles. The molecule has 3 rings (SSSR count). The van der Waals surface area contributed by atoms with Crippen LogP contribution in [0.3, 0.4) is 0 Å². The SMILES string of the molecule is COC(=O)c1cccc2c1ccc1cc(Cl)c(Cl)cc12. The highest BCUT2D eigenvalue weighted by molar-refractivity contribution is 6.43. The maximum atomic E-state index is 11.8. The highest BCUT2D eigenvalue weighted by Gasteiger charge is 2.12. The van der Waals surface area contributed by atoms with Gasteiger partial charge in [0, 0.05) is 0 Å². The second-order valence-corrected chi connectivity index (χ2v) is 5.26. The molecule has 20 heavy (non-hydrogen) atoms. The Hall–Kier alpha value is -1.77. The molecule has 3 aromatic rings. The molecular weight excluding hydrogens is 295 g/mol. The molecule has 0 fully saturated rings. The summed E-state index contributed by atoms with van der Waals surface area (Å²) < 4.78 is 4.81. The van der Waals surface area contributed by atoms with Gasteiger partial charge in [-0.15, -0.1) is 0 Å². The van der Waals surface area contributed by atoms with Gasteiger partial charge in [0.15, 0.2) is 0 Å². The van der Waals surface area contributed by atoms with Gasteiger partial charge in [-0.05, 0) is 39.7 Å². The zero-order valence-electron chi connectivity index (χ0n) is 10.6. The Labute approximate surface area is 125 Å². The van der Waals surface area contributed by atoms with Crippen LogP contribution in [-0.2, 0) is 4.74 Å². The molecule has 0 saturated heterocycles. The fraction of sp³-hybridized carbons (Fsp3) is 0.0625. The zero-order chi connectivity index (χ0) is 14.3. The van der Waals surface area contributed by atoms with Crippen molar-refractivity contribution < 1.29 is 9.53 Å². The molecule has 0 radical (unpaired) electrons. The van der Waals surface area contributed by atoms with Gasteiger partial charge in [0.05, 0.1) is 22.7 Å². The molecule has 0 aliphatic rings. The van der Waals surface area contributed by atoms with Crippen LogP contribution in [0.2, 0.25) is 10.0 Å². The van der Waals surface area contributed by atoms with Crippen LogP contribution in [0.25, 0.3) is 21.5 Å². The summed E-state index contributed by atoms with van der Waals surface area (Å²) in [6.07, 6.45) is 0. The lowest BCUT2D eigenvalue weighted by molar-refractivity contribution is 0.0603. The topological polar surface area (TPSA) is 26.3 Å². The normalized spacial score (nSPS) is 10.9. The summed E-state index contributed by atoms with van der Waals surface area (Å²) in [6, 6.07) is 13.0. The molecule has 0 spiro atoms. The van der Waals surface area contributed by atoms with E-state index in [1.165, 1.54) is 7.11 Å². The van der Waals surface area contributed by atoms with E-state index in [0.717, 1.165) is 21.5 Å². The Bertz CT molecular complexity index is 841. The molecule has 0 atom stereocenters. The predicted octanol–water partition coefficient (Wildman–Crippen LogP) is 5.09. The number of carbonyl (C=O) groups is 1. The van der Waals surface area contributed by atoms with Crippen LogP contribution in [0.4, 0.5) is 0 Å². The van der Waals surface area contributed by atoms with Gasteiger partial charge in [-0.25, -0.2) is 4.79 Å². The molecule has 0 amide bonds. The van der Waals surface area contributed by atoms with Crippen LogP contribution in [-0.4, -0.2) is 13.1 Å². The number of methoxy groups -OCH3 is 1. The van der Waals surface area contributed by atoms with E-state index in [-0.39, 0.29) is 5.97 Å². The maximum absolute atomic E-state index is 11.8. The molecule has 0 N–H and O–H groups in total. The minimum atomic E-state index is -0.352. The van der Waals surface area contributed by atoms with Gasteiger partial charge in [0.2, 0.25) is 0 Å². The number of hydrogen-bond donors (Lipinski definition) is 0. The van der Waals surface area contributed by atoms with Crippen LogP contribution in [0, 0.1) is 0 Å². The first-order valence-electron chi connectivity index (χ1n) is 6.00. The van der Waals surface area contributed by atoms with Crippen molar-refractivity contribution in [3.05, 3.63) is 58.1 Å². The van der Waals surface area contributed by atoms with E-state index in [2.05, 4.69) is 0 Å². The Morgan fingerprint density at radius 2 is 1.70 bits per heavy atom. The monoisotopic (exact) mass is 304 g/mol. The standard InChI is InChI=1S/C16H10Cl2O2/c1-20-16(19)12-4-2-3-10-11(12)6-5-9-7-14(17)15(18)8-13(9)10/h2-8H,1H3. The highest BCUT2D eigenvalue weighted by Crippen LogP contribution is 2.33.